The van der Waals surface area contributed by atoms with Crippen molar-refractivity contribution in [1.29, 1.82) is 0 Å². The first-order chi connectivity index (χ1) is 9.31. The van der Waals surface area contributed by atoms with Crippen molar-refractivity contribution in [3.8, 4) is 0 Å². The molecule has 0 fully saturated rings. The van der Waals surface area contributed by atoms with E-state index < -0.39 is 23.9 Å². The lowest BCUT2D eigenvalue weighted by atomic mass is 10.1. The van der Waals surface area contributed by atoms with Gasteiger partial charge in [-0.3, -0.25) is 9.59 Å². The summed E-state index contributed by atoms with van der Waals surface area (Å²) in [6.45, 7) is 1.66. The van der Waals surface area contributed by atoms with E-state index in [1.54, 1.807) is 6.92 Å². The van der Waals surface area contributed by atoms with Crippen LogP contribution < -0.4 is 11.1 Å². The summed E-state index contributed by atoms with van der Waals surface area (Å²) in [6, 6.07) is 3.35. The SMILES string of the molecule is Cc1cc(C(=O)O)ccc1NC(=O)C(N)CCC(=O)O. The van der Waals surface area contributed by atoms with Gasteiger partial charge in [0, 0.05) is 12.1 Å². The minimum atomic E-state index is -1.05. The van der Waals surface area contributed by atoms with Crippen molar-refractivity contribution in [2.24, 2.45) is 5.73 Å². The molecule has 0 saturated carbocycles. The van der Waals surface area contributed by atoms with Crippen LogP contribution in [0.3, 0.4) is 0 Å². The fourth-order valence-corrected chi connectivity index (χ4v) is 1.57. The molecule has 0 aromatic heterocycles. The Balaban J connectivity index is 2.70. The van der Waals surface area contributed by atoms with Crippen molar-refractivity contribution in [1.82, 2.24) is 0 Å². The van der Waals surface area contributed by atoms with Crippen LogP contribution >= 0.6 is 0 Å². The van der Waals surface area contributed by atoms with Gasteiger partial charge in [-0.1, -0.05) is 0 Å². The number of hydrogen-bond donors (Lipinski definition) is 4. The molecule has 1 amide bonds. The minimum Gasteiger partial charge on any atom is -0.481 e. The first-order valence-corrected chi connectivity index (χ1v) is 5.93. The Kier molecular flexibility index (Phi) is 5.22. The zero-order chi connectivity index (χ0) is 15.3. The van der Waals surface area contributed by atoms with Crippen LogP contribution in [0.15, 0.2) is 18.2 Å². The molecule has 1 unspecified atom stereocenters. The van der Waals surface area contributed by atoms with E-state index in [4.69, 9.17) is 15.9 Å². The Morgan fingerprint density at radius 3 is 2.45 bits per heavy atom. The van der Waals surface area contributed by atoms with E-state index >= 15 is 0 Å². The molecule has 0 heterocycles. The Morgan fingerprint density at radius 1 is 1.30 bits per heavy atom. The fraction of sp³-hybridized carbons (Fsp3) is 0.308. The molecule has 20 heavy (non-hydrogen) atoms. The number of aromatic carboxylic acids is 1. The number of anilines is 1. The second-order valence-electron chi connectivity index (χ2n) is 4.36. The Hall–Kier alpha value is -2.41. The molecule has 0 saturated heterocycles. The molecule has 0 aliphatic rings. The van der Waals surface area contributed by atoms with Gasteiger partial charge < -0.3 is 21.3 Å². The molecule has 0 bridgehead atoms. The number of amides is 1. The smallest absolute Gasteiger partial charge is 0.335 e. The predicted molar refractivity (Wildman–Crippen MR) is 71.6 cm³/mol. The highest BCUT2D eigenvalue weighted by atomic mass is 16.4. The zero-order valence-corrected chi connectivity index (χ0v) is 10.9. The van der Waals surface area contributed by atoms with Gasteiger partial charge in [-0.25, -0.2) is 4.79 Å². The number of carbonyl (C=O) groups excluding carboxylic acids is 1. The Labute approximate surface area is 115 Å². The summed E-state index contributed by atoms with van der Waals surface area (Å²) in [4.78, 5) is 32.9. The molecule has 1 aromatic carbocycles. The molecule has 108 valence electrons. The number of nitrogens with one attached hydrogen (secondary N) is 1. The number of aryl methyl sites for hydroxylation is 1. The van der Waals surface area contributed by atoms with Gasteiger partial charge >= 0.3 is 11.9 Å². The zero-order valence-electron chi connectivity index (χ0n) is 10.9. The van der Waals surface area contributed by atoms with E-state index in [9.17, 15) is 14.4 Å². The summed E-state index contributed by atoms with van der Waals surface area (Å²) in [5.41, 5.74) is 6.73. The molecule has 1 atom stereocenters. The highest BCUT2D eigenvalue weighted by molar-refractivity contribution is 5.96. The summed E-state index contributed by atoms with van der Waals surface area (Å²) in [5.74, 6) is -2.57. The third kappa shape index (κ3) is 4.36. The molecular weight excluding hydrogens is 264 g/mol. The molecule has 0 radical (unpaired) electrons. The van der Waals surface area contributed by atoms with E-state index in [0.717, 1.165) is 0 Å². The van der Waals surface area contributed by atoms with Gasteiger partial charge in [-0.15, -0.1) is 0 Å². The van der Waals surface area contributed by atoms with Crippen molar-refractivity contribution >= 4 is 23.5 Å². The number of rotatable bonds is 6. The van der Waals surface area contributed by atoms with Crippen molar-refractivity contribution in [3.63, 3.8) is 0 Å². The van der Waals surface area contributed by atoms with E-state index in [1.807, 2.05) is 0 Å². The van der Waals surface area contributed by atoms with Gasteiger partial charge in [0.25, 0.3) is 0 Å². The van der Waals surface area contributed by atoms with Crippen LogP contribution in [-0.2, 0) is 9.59 Å². The molecule has 0 spiro atoms. The maximum Gasteiger partial charge on any atom is 0.335 e. The van der Waals surface area contributed by atoms with Crippen LogP contribution in [0.2, 0.25) is 0 Å². The summed E-state index contributed by atoms with van der Waals surface area (Å²) >= 11 is 0. The van der Waals surface area contributed by atoms with Crippen molar-refractivity contribution in [2.75, 3.05) is 5.32 Å². The second kappa shape index (κ2) is 6.67. The summed E-state index contributed by atoms with van der Waals surface area (Å²) < 4.78 is 0. The molecule has 0 aliphatic carbocycles. The number of aliphatic carboxylic acids is 1. The first-order valence-electron chi connectivity index (χ1n) is 5.93. The molecule has 5 N–H and O–H groups in total. The van der Waals surface area contributed by atoms with Crippen LogP contribution in [0.25, 0.3) is 0 Å². The normalized spacial score (nSPS) is 11.7. The van der Waals surface area contributed by atoms with Gasteiger partial charge in [-0.2, -0.15) is 0 Å². The van der Waals surface area contributed by atoms with E-state index in [-0.39, 0.29) is 18.4 Å². The van der Waals surface area contributed by atoms with Gasteiger partial charge in [0.2, 0.25) is 5.91 Å². The number of carbonyl (C=O) groups is 3. The number of hydrogen-bond acceptors (Lipinski definition) is 4. The summed E-state index contributed by atoms with van der Waals surface area (Å²) in [5, 5.41) is 19.9. The number of benzene rings is 1. The average molecular weight is 280 g/mol. The second-order valence-corrected chi connectivity index (χ2v) is 4.36. The van der Waals surface area contributed by atoms with Crippen molar-refractivity contribution in [2.45, 2.75) is 25.8 Å². The number of nitrogens with two attached hydrogens (primary N) is 1. The molecular formula is C13H16N2O5. The lowest BCUT2D eigenvalue weighted by molar-refractivity contribution is -0.137. The number of carboxylic acid groups (broad SMARTS) is 2. The van der Waals surface area contributed by atoms with Crippen LogP contribution in [0.4, 0.5) is 5.69 Å². The third-order valence-corrected chi connectivity index (χ3v) is 2.74. The minimum absolute atomic E-state index is 0.0351. The van der Waals surface area contributed by atoms with Crippen molar-refractivity contribution in [3.05, 3.63) is 29.3 Å². The predicted octanol–water partition coefficient (Wildman–Crippen LogP) is 0.824. The average Bonchev–Trinajstić information content (AvgIpc) is 2.37. The van der Waals surface area contributed by atoms with Crippen LogP contribution in [0.5, 0.6) is 0 Å². The van der Waals surface area contributed by atoms with Crippen molar-refractivity contribution < 1.29 is 24.6 Å². The Morgan fingerprint density at radius 2 is 1.95 bits per heavy atom. The lowest BCUT2D eigenvalue weighted by Gasteiger charge is -2.13. The highest BCUT2D eigenvalue weighted by Gasteiger charge is 2.16. The van der Waals surface area contributed by atoms with Gasteiger partial charge in [0.1, 0.15) is 0 Å². The molecule has 7 nitrogen and oxygen atoms in total. The Bertz CT molecular complexity index is 542. The lowest BCUT2D eigenvalue weighted by Crippen LogP contribution is -2.36. The fourth-order valence-electron chi connectivity index (χ4n) is 1.57. The molecule has 0 aliphatic heterocycles. The van der Waals surface area contributed by atoms with E-state index in [1.165, 1.54) is 18.2 Å². The highest BCUT2D eigenvalue weighted by Crippen LogP contribution is 2.17. The van der Waals surface area contributed by atoms with Crippen LogP contribution in [0, 0.1) is 6.92 Å². The largest absolute Gasteiger partial charge is 0.481 e. The first kappa shape index (κ1) is 15.6. The van der Waals surface area contributed by atoms with Gasteiger partial charge in [-0.05, 0) is 37.1 Å². The molecule has 1 aromatic rings. The summed E-state index contributed by atoms with van der Waals surface area (Å²) in [7, 11) is 0. The summed E-state index contributed by atoms with van der Waals surface area (Å²) in [6.07, 6.45) is -0.154. The van der Waals surface area contributed by atoms with Gasteiger partial charge in [0.05, 0.1) is 11.6 Å². The molecule has 7 heteroatoms. The van der Waals surface area contributed by atoms with E-state index in [0.29, 0.717) is 11.3 Å². The number of carboxylic acids is 2. The van der Waals surface area contributed by atoms with Crippen LogP contribution in [0.1, 0.15) is 28.8 Å². The topological polar surface area (TPSA) is 130 Å². The van der Waals surface area contributed by atoms with Crippen LogP contribution in [-0.4, -0.2) is 34.1 Å². The van der Waals surface area contributed by atoms with Gasteiger partial charge in [0.15, 0.2) is 0 Å². The van der Waals surface area contributed by atoms with E-state index in [2.05, 4.69) is 5.32 Å². The molecule has 1 rings (SSSR count). The maximum absolute atomic E-state index is 11.8. The maximum atomic E-state index is 11.8. The standard InChI is InChI=1S/C13H16N2O5/c1-7-6-8(13(19)20)2-4-10(7)15-12(18)9(14)3-5-11(16)17/h2,4,6,9H,3,5,14H2,1H3,(H,15,18)(H,16,17)(H,19,20). The third-order valence-electron chi connectivity index (χ3n) is 2.74. The monoisotopic (exact) mass is 280 g/mol. The quantitative estimate of drug-likeness (QED) is 0.610.